The first-order valence-electron chi connectivity index (χ1n) is 5.78. The van der Waals surface area contributed by atoms with Gasteiger partial charge in [0, 0.05) is 10.7 Å². The van der Waals surface area contributed by atoms with Crippen LogP contribution in [0.3, 0.4) is 0 Å². The van der Waals surface area contributed by atoms with Crippen LogP contribution in [0.25, 0.3) is 0 Å². The predicted octanol–water partition coefficient (Wildman–Crippen LogP) is 3.33. The Morgan fingerprint density at radius 1 is 1.06 bits per heavy atom. The third-order valence-corrected chi connectivity index (χ3v) is 3.60. The summed E-state index contributed by atoms with van der Waals surface area (Å²) < 4.78 is 39.3. The van der Waals surface area contributed by atoms with Gasteiger partial charge in [0.05, 0.1) is 12.4 Å². The normalized spacial score (nSPS) is 11.4. The molecule has 0 unspecified atom stereocenters. The topological polar surface area (TPSA) is 43.4 Å². The van der Waals surface area contributed by atoms with Gasteiger partial charge in [-0.15, -0.1) is 0 Å². The lowest BCUT2D eigenvalue weighted by Crippen LogP contribution is -1.99. The van der Waals surface area contributed by atoms with Crippen molar-refractivity contribution in [3.63, 3.8) is 0 Å². The molecule has 0 atom stereocenters. The van der Waals surface area contributed by atoms with E-state index in [2.05, 4.69) is 0 Å². The van der Waals surface area contributed by atoms with Crippen molar-refractivity contribution < 1.29 is 17.5 Å². The van der Waals surface area contributed by atoms with Crippen LogP contribution >= 0.6 is 10.7 Å². The Morgan fingerprint density at radius 2 is 1.67 bits per heavy atom. The highest BCUT2D eigenvalue weighted by Crippen LogP contribution is 2.12. The first kappa shape index (κ1) is 15.2. The Balaban J connectivity index is 2.04. The molecule has 18 heavy (non-hydrogen) atoms. The summed E-state index contributed by atoms with van der Waals surface area (Å²) in [5, 5.41) is 0. The second-order valence-corrected chi connectivity index (χ2v) is 6.86. The zero-order chi connectivity index (χ0) is 13.4. The highest BCUT2D eigenvalue weighted by molar-refractivity contribution is 8.13. The third-order valence-electron chi connectivity index (χ3n) is 2.36. The van der Waals surface area contributed by atoms with Gasteiger partial charge in [-0.1, -0.05) is 12.8 Å². The van der Waals surface area contributed by atoms with Crippen LogP contribution in [-0.4, -0.2) is 20.8 Å². The minimum atomic E-state index is -3.36. The summed E-state index contributed by atoms with van der Waals surface area (Å²) >= 11 is 0. The van der Waals surface area contributed by atoms with Gasteiger partial charge in [0.2, 0.25) is 9.05 Å². The van der Waals surface area contributed by atoms with Crippen LogP contribution in [0.1, 0.15) is 25.7 Å². The Bertz CT molecular complexity index is 445. The van der Waals surface area contributed by atoms with Gasteiger partial charge in [0.1, 0.15) is 11.6 Å². The summed E-state index contributed by atoms with van der Waals surface area (Å²) in [6, 6.07) is 5.85. The molecular formula is C12H16ClFO3S. The van der Waals surface area contributed by atoms with Crippen LogP contribution < -0.4 is 4.74 Å². The van der Waals surface area contributed by atoms with Crippen LogP contribution in [0.4, 0.5) is 4.39 Å². The summed E-state index contributed by atoms with van der Waals surface area (Å²) in [6.07, 6.45) is 3.09. The fourth-order valence-corrected chi connectivity index (χ4v) is 2.33. The maximum Gasteiger partial charge on any atom is 0.232 e. The number of hydrogen-bond acceptors (Lipinski definition) is 3. The van der Waals surface area contributed by atoms with Gasteiger partial charge >= 0.3 is 0 Å². The van der Waals surface area contributed by atoms with E-state index in [9.17, 15) is 12.8 Å². The maximum absolute atomic E-state index is 12.6. The van der Waals surface area contributed by atoms with E-state index in [-0.39, 0.29) is 11.6 Å². The minimum Gasteiger partial charge on any atom is -0.494 e. The lowest BCUT2D eigenvalue weighted by atomic mass is 10.2. The number of hydrogen-bond donors (Lipinski definition) is 0. The van der Waals surface area contributed by atoms with Crippen molar-refractivity contribution >= 4 is 19.7 Å². The second kappa shape index (κ2) is 7.59. The Hall–Kier alpha value is -0.810. The van der Waals surface area contributed by atoms with Crippen LogP contribution in [0.15, 0.2) is 24.3 Å². The molecule has 102 valence electrons. The average Bonchev–Trinajstić information content (AvgIpc) is 2.29. The Kier molecular flexibility index (Phi) is 6.43. The van der Waals surface area contributed by atoms with E-state index in [1.807, 2.05) is 0 Å². The van der Waals surface area contributed by atoms with E-state index in [4.69, 9.17) is 15.4 Å². The number of benzene rings is 1. The Morgan fingerprint density at radius 3 is 2.28 bits per heavy atom. The molecule has 0 heterocycles. The number of ether oxygens (including phenoxy) is 1. The summed E-state index contributed by atoms with van der Waals surface area (Å²) in [6.45, 7) is 0.541. The lowest BCUT2D eigenvalue weighted by molar-refractivity contribution is 0.304. The molecule has 0 aromatic heterocycles. The highest BCUT2D eigenvalue weighted by atomic mass is 35.7. The van der Waals surface area contributed by atoms with Crippen LogP contribution in [0, 0.1) is 5.82 Å². The fraction of sp³-hybridized carbons (Fsp3) is 0.500. The average molecular weight is 295 g/mol. The molecular weight excluding hydrogens is 279 g/mol. The molecule has 0 saturated carbocycles. The molecule has 6 heteroatoms. The summed E-state index contributed by atoms with van der Waals surface area (Å²) in [5.41, 5.74) is 0. The van der Waals surface area contributed by atoms with E-state index in [0.29, 0.717) is 18.8 Å². The van der Waals surface area contributed by atoms with Crippen molar-refractivity contribution in [3.8, 4) is 5.75 Å². The predicted molar refractivity (Wildman–Crippen MR) is 70.0 cm³/mol. The fourth-order valence-electron chi connectivity index (χ4n) is 1.45. The van der Waals surface area contributed by atoms with E-state index >= 15 is 0 Å². The largest absolute Gasteiger partial charge is 0.494 e. The van der Waals surface area contributed by atoms with Gasteiger partial charge in [-0.05, 0) is 37.1 Å². The van der Waals surface area contributed by atoms with Crippen molar-refractivity contribution in [2.75, 3.05) is 12.4 Å². The molecule has 0 amide bonds. The number of unbranched alkanes of at least 4 members (excludes halogenated alkanes) is 3. The molecule has 1 rings (SSSR count). The molecule has 3 nitrogen and oxygen atoms in total. The van der Waals surface area contributed by atoms with Gasteiger partial charge in [-0.2, -0.15) is 0 Å². The SMILES string of the molecule is O=S(=O)(Cl)CCCCCCOc1ccc(F)cc1. The third kappa shape index (κ3) is 7.50. The summed E-state index contributed by atoms with van der Waals surface area (Å²) in [4.78, 5) is 0. The Labute approximate surface area is 111 Å². The molecule has 1 aromatic rings. The van der Waals surface area contributed by atoms with Crippen molar-refractivity contribution in [2.24, 2.45) is 0 Å². The van der Waals surface area contributed by atoms with Gasteiger partial charge in [-0.25, -0.2) is 12.8 Å². The van der Waals surface area contributed by atoms with Crippen LogP contribution in [0.5, 0.6) is 5.75 Å². The molecule has 1 aromatic carbocycles. The van der Waals surface area contributed by atoms with Crippen molar-refractivity contribution in [3.05, 3.63) is 30.1 Å². The molecule has 0 aliphatic carbocycles. The molecule has 0 aliphatic rings. The zero-order valence-corrected chi connectivity index (χ0v) is 11.5. The van der Waals surface area contributed by atoms with Gasteiger partial charge in [0.25, 0.3) is 0 Å². The monoisotopic (exact) mass is 294 g/mol. The molecule has 0 aliphatic heterocycles. The molecule has 0 radical (unpaired) electrons. The van der Waals surface area contributed by atoms with E-state index in [0.717, 1.165) is 19.3 Å². The first-order valence-corrected chi connectivity index (χ1v) is 8.26. The highest BCUT2D eigenvalue weighted by Gasteiger charge is 2.03. The summed E-state index contributed by atoms with van der Waals surface area (Å²) in [5.74, 6) is 0.372. The van der Waals surface area contributed by atoms with E-state index in [1.165, 1.54) is 12.1 Å². The molecule has 0 bridgehead atoms. The minimum absolute atomic E-state index is 0.0212. The summed E-state index contributed by atoms with van der Waals surface area (Å²) in [7, 11) is 1.72. The maximum atomic E-state index is 12.6. The zero-order valence-electron chi connectivity index (χ0n) is 9.94. The van der Waals surface area contributed by atoms with E-state index < -0.39 is 9.05 Å². The lowest BCUT2D eigenvalue weighted by Gasteiger charge is -2.05. The number of rotatable bonds is 8. The van der Waals surface area contributed by atoms with E-state index in [1.54, 1.807) is 12.1 Å². The molecule has 0 N–H and O–H groups in total. The van der Waals surface area contributed by atoms with Crippen LogP contribution in [-0.2, 0) is 9.05 Å². The molecule has 0 spiro atoms. The van der Waals surface area contributed by atoms with Crippen molar-refractivity contribution in [1.29, 1.82) is 0 Å². The second-order valence-electron chi connectivity index (χ2n) is 3.96. The number of halogens is 2. The van der Waals surface area contributed by atoms with Gasteiger partial charge in [0.15, 0.2) is 0 Å². The molecule has 0 saturated heterocycles. The van der Waals surface area contributed by atoms with Crippen LogP contribution in [0.2, 0.25) is 0 Å². The molecule has 0 fully saturated rings. The van der Waals surface area contributed by atoms with Gasteiger partial charge in [-0.3, -0.25) is 0 Å². The van der Waals surface area contributed by atoms with Gasteiger partial charge < -0.3 is 4.74 Å². The smallest absolute Gasteiger partial charge is 0.232 e. The quantitative estimate of drug-likeness (QED) is 0.545. The standard InChI is InChI=1S/C12H16ClFO3S/c13-18(15,16)10-4-2-1-3-9-17-12-7-5-11(14)6-8-12/h5-8H,1-4,9-10H2. The first-order chi connectivity index (χ1) is 8.47. The van der Waals surface area contributed by atoms with Crippen molar-refractivity contribution in [1.82, 2.24) is 0 Å². The van der Waals surface area contributed by atoms with Crippen molar-refractivity contribution in [2.45, 2.75) is 25.7 Å².